The fourth-order valence-electron chi connectivity index (χ4n) is 0.943. The number of nitrogen functional groups attached to an aromatic ring is 1. The zero-order valence-corrected chi connectivity index (χ0v) is 9.30. The summed E-state index contributed by atoms with van der Waals surface area (Å²) in [5, 5.41) is 0. The molecule has 0 aromatic heterocycles. The molecule has 0 fully saturated rings. The van der Waals surface area contributed by atoms with Crippen molar-refractivity contribution in [3.05, 3.63) is 23.5 Å². The molecule has 3 heteroatoms. The third kappa shape index (κ3) is 3.90. The van der Waals surface area contributed by atoms with Gasteiger partial charge in [-0.15, -0.1) is 6.42 Å². The maximum Gasteiger partial charge on any atom is 0.148 e. The van der Waals surface area contributed by atoms with Crippen molar-refractivity contribution in [1.29, 1.82) is 0 Å². The van der Waals surface area contributed by atoms with Crippen molar-refractivity contribution in [2.24, 2.45) is 0 Å². The van der Waals surface area contributed by atoms with E-state index in [9.17, 15) is 4.39 Å². The summed E-state index contributed by atoms with van der Waals surface area (Å²) in [5.74, 6) is 2.41. The Morgan fingerprint density at radius 2 is 2.07 bits per heavy atom. The average Bonchev–Trinajstić information content (AvgIpc) is 2.24. The SMILES string of the molecule is C#CCOc1cc(N)c(F)cc1C.CC. The molecule has 82 valence electrons. The lowest BCUT2D eigenvalue weighted by Gasteiger charge is -2.07. The second kappa shape index (κ2) is 6.72. The Balaban J connectivity index is 0.000000921. The van der Waals surface area contributed by atoms with Crippen molar-refractivity contribution in [2.75, 3.05) is 12.3 Å². The van der Waals surface area contributed by atoms with Gasteiger partial charge in [-0.1, -0.05) is 19.8 Å². The van der Waals surface area contributed by atoms with E-state index in [4.69, 9.17) is 16.9 Å². The van der Waals surface area contributed by atoms with E-state index in [0.717, 1.165) is 0 Å². The number of hydrogen-bond donors (Lipinski definition) is 1. The summed E-state index contributed by atoms with van der Waals surface area (Å²) < 4.78 is 18.0. The Kier molecular flexibility index (Phi) is 5.96. The second-order valence-corrected chi connectivity index (χ2v) is 2.63. The lowest BCUT2D eigenvalue weighted by Crippen LogP contribution is -1.99. The number of aryl methyl sites for hydroxylation is 1. The summed E-state index contributed by atoms with van der Waals surface area (Å²) >= 11 is 0. The molecule has 0 spiro atoms. The van der Waals surface area contributed by atoms with Crippen LogP contribution in [-0.2, 0) is 0 Å². The molecule has 2 N–H and O–H groups in total. The van der Waals surface area contributed by atoms with Crippen LogP contribution in [-0.4, -0.2) is 6.61 Å². The average molecular weight is 209 g/mol. The molecule has 0 bridgehead atoms. The van der Waals surface area contributed by atoms with Gasteiger partial charge < -0.3 is 10.5 Å². The Labute approximate surface area is 90.2 Å². The maximum absolute atomic E-state index is 12.9. The molecule has 0 atom stereocenters. The molecule has 0 aliphatic heterocycles. The highest BCUT2D eigenvalue weighted by molar-refractivity contribution is 5.49. The first-order valence-corrected chi connectivity index (χ1v) is 4.77. The Bertz CT molecular complexity index is 355. The topological polar surface area (TPSA) is 35.2 Å². The highest BCUT2D eigenvalue weighted by Crippen LogP contribution is 2.23. The van der Waals surface area contributed by atoms with Gasteiger partial charge in [0, 0.05) is 6.07 Å². The Morgan fingerprint density at radius 1 is 1.47 bits per heavy atom. The van der Waals surface area contributed by atoms with Crippen LogP contribution < -0.4 is 10.5 Å². The van der Waals surface area contributed by atoms with Gasteiger partial charge in [-0.05, 0) is 18.6 Å². The molecular formula is C12H16FNO. The van der Waals surface area contributed by atoms with Crippen LogP contribution in [0.2, 0.25) is 0 Å². The molecule has 0 saturated carbocycles. The molecule has 2 nitrogen and oxygen atoms in total. The number of ether oxygens (including phenoxy) is 1. The van der Waals surface area contributed by atoms with Crippen molar-refractivity contribution in [3.63, 3.8) is 0 Å². The van der Waals surface area contributed by atoms with Gasteiger partial charge in [-0.3, -0.25) is 0 Å². The number of halogens is 1. The number of nitrogens with two attached hydrogens (primary N) is 1. The number of benzene rings is 1. The third-order valence-electron chi connectivity index (χ3n) is 1.61. The molecule has 15 heavy (non-hydrogen) atoms. The summed E-state index contributed by atoms with van der Waals surface area (Å²) in [6.45, 7) is 5.89. The molecule has 1 aromatic rings. The summed E-state index contributed by atoms with van der Waals surface area (Å²) in [5.41, 5.74) is 6.10. The number of hydrogen-bond acceptors (Lipinski definition) is 2. The first-order chi connectivity index (χ1) is 7.15. The van der Waals surface area contributed by atoms with Gasteiger partial charge >= 0.3 is 0 Å². The fourth-order valence-corrected chi connectivity index (χ4v) is 0.943. The minimum absolute atomic E-state index is 0.0672. The Hall–Kier alpha value is -1.69. The minimum Gasteiger partial charge on any atom is -0.481 e. The van der Waals surface area contributed by atoms with Gasteiger partial charge in [0.15, 0.2) is 0 Å². The highest BCUT2D eigenvalue weighted by Gasteiger charge is 2.04. The molecule has 0 aliphatic carbocycles. The molecule has 1 rings (SSSR count). The number of rotatable bonds is 2. The zero-order chi connectivity index (χ0) is 11.8. The van der Waals surface area contributed by atoms with E-state index in [1.54, 1.807) is 6.92 Å². The van der Waals surface area contributed by atoms with Gasteiger partial charge in [0.05, 0.1) is 5.69 Å². The molecule has 0 unspecified atom stereocenters. The standard InChI is InChI=1S/C10H10FNO.C2H6/c1-3-4-13-10-6-9(12)8(11)5-7(10)2;1-2/h1,5-6H,4,12H2,2H3;1-2H3. The summed E-state index contributed by atoms with van der Waals surface area (Å²) in [7, 11) is 0. The molecule has 0 aliphatic rings. The van der Waals surface area contributed by atoms with Gasteiger partial charge in [0.25, 0.3) is 0 Å². The van der Waals surface area contributed by atoms with Crippen molar-refractivity contribution in [3.8, 4) is 18.1 Å². The smallest absolute Gasteiger partial charge is 0.148 e. The van der Waals surface area contributed by atoms with Crippen molar-refractivity contribution in [1.82, 2.24) is 0 Å². The van der Waals surface area contributed by atoms with Crippen LogP contribution in [0.1, 0.15) is 19.4 Å². The fraction of sp³-hybridized carbons (Fsp3) is 0.333. The minimum atomic E-state index is -0.439. The van der Waals surface area contributed by atoms with Gasteiger partial charge in [0.2, 0.25) is 0 Å². The van der Waals surface area contributed by atoms with Crippen LogP contribution in [0.5, 0.6) is 5.75 Å². The number of anilines is 1. The van der Waals surface area contributed by atoms with Crippen molar-refractivity contribution in [2.45, 2.75) is 20.8 Å². The zero-order valence-electron chi connectivity index (χ0n) is 9.30. The summed E-state index contributed by atoms with van der Waals surface area (Å²) in [6.07, 6.45) is 5.01. The Morgan fingerprint density at radius 3 is 2.60 bits per heavy atom. The van der Waals surface area contributed by atoms with Crippen molar-refractivity contribution >= 4 is 5.69 Å². The lowest BCUT2D eigenvalue weighted by molar-refractivity contribution is 0.367. The van der Waals surface area contributed by atoms with Gasteiger partial charge in [-0.25, -0.2) is 4.39 Å². The predicted molar refractivity (Wildman–Crippen MR) is 61.2 cm³/mol. The first kappa shape index (κ1) is 13.3. The largest absolute Gasteiger partial charge is 0.481 e. The van der Waals surface area contributed by atoms with Crippen LogP contribution in [0.15, 0.2) is 12.1 Å². The van der Waals surface area contributed by atoms with Crippen LogP contribution in [0.25, 0.3) is 0 Å². The highest BCUT2D eigenvalue weighted by atomic mass is 19.1. The van der Waals surface area contributed by atoms with E-state index in [0.29, 0.717) is 11.3 Å². The van der Waals surface area contributed by atoms with E-state index in [1.165, 1.54) is 12.1 Å². The van der Waals surface area contributed by atoms with Crippen LogP contribution >= 0.6 is 0 Å². The van der Waals surface area contributed by atoms with E-state index < -0.39 is 5.82 Å². The molecule has 0 radical (unpaired) electrons. The second-order valence-electron chi connectivity index (χ2n) is 2.63. The van der Waals surface area contributed by atoms with Crippen LogP contribution in [0.4, 0.5) is 10.1 Å². The maximum atomic E-state index is 12.9. The summed E-state index contributed by atoms with van der Waals surface area (Å²) in [6, 6.07) is 2.75. The van der Waals surface area contributed by atoms with E-state index in [1.807, 2.05) is 13.8 Å². The quantitative estimate of drug-likeness (QED) is 0.600. The van der Waals surface area contributed by atoms with E-state index >= 15 is 0 Å². The monoisotopic (exact) mass is 209 g/mol. The van der Waals surface area contributed by atoms with Gasteiger partial charge in [-0.2, -0.15) is 0 Å². The molecular weight excluding hydrogens is 193 g/mol. The van der Waals surface area contributed by atoms with Crippen molar-refractivity contribution < 1.29 is 9.13 Å². The van der Waals surface area contributed by atoms with E-state index in [-0.39, 0.29) is 12.3 Å². The van der Waals surface area contributed by atoms with Gasteiger partial charge in [0.1, 0.15) is 18.2 Å². The molecule has 0 saturated heterocycles. The van der Waals surface area contributed by atoms with Crippen LogP contribution in [0.3, 0.4) is 0 Å². The predicted octanol–water partition coefficient (Wildman–Crippen LogP) is 2.75. The molecule has 0 amide bonds. The summed E-state index contributed by atoms with van der Waals surface area (Å²) in [4.78, 5) is 0. The first-order valence-electron chi connectivity index (χ1n) is 4.77. The third-order valence-corrected chi connectivity index (χ3v) is 1.61. The molecule has 0 heterocycles. The van der Waals surface area contributed by atoms with E-state index in [2.05, 4.69) is 5.92 Å². The van der Waals surface area contributed by atoms with Crippen LogP contribution in [0, 0.1) is 25.1 Å². The molecule has 1 aromatic carbocycles. The lowest BCUT2D eigenvalue weighted by atomic mass is 10.2. The normalized spacial score (nSPS) is 8.47. The number of terminal acetylenes is 1.